The third-order valence-corrected chi connectivity index (χ3v) is 8.40. The molecule has 2 aromatic carbocycles. The topological polar surface area (TPSA) is 133 Å². The molecule has 230 valence electrons. The normalized spacial score (nSPS) is 20.7. The van der Waals surface area contributed by atoms with Gasteiger partial charge in [-0.3, -0.25) is 24.5 Å². The first kappa shape index (κ1) is 32.0. The Morgan fingerprint density at radius 2 is 1.63 bits per heavy atom. The number of benzene rings is 2. The van der Waals surface area contributed by atoms with E-state index in [0.717, 1.165) is 29.7 Å². The number of aliphatic hydroxyl groups excluding tert-OH is 1. The van der Waals surface area contributed by atoms with Gasteiger partial charge < -0.3 is 10.5 Å². The number of nitrogens with zero attached hydrogens (tertiary/aromatic N) is 3. The highest BCUT2D eigenvalue weighted by Gasteiger charge is 2.54. The summed E-state index contributed by atoms with van der Waals surface area (Å²) in [4.78, 5) is 51.6. The number of nitro groups is 1. The minimum Gasteiger partial charge on any atom is -0.391 e. The summed E-state index contributed by atoms with van der Waals surface area (Å²) in [6.07, 6.45) is 12.2. The summed E-state index contributed by atoms with van der Waals surface area (Å²) < 4.78 is 0. The van der Waals surface area contributed by atoms with Gasteiger partial charge in [0.15, 0.2) is 5.78 Å². The van der Waals surface area contributed by atoms with Gasteiger partial charge in [-0.05, 0) is 50.1 Å². The highest BCUT2D eigenvalue weighted by Crippen LogP contribution is 2.37. The van der Waals surface area contributed by atoms with Gasteiger partial charge in [0.25, 0.3) is 11.6 Å². The fourth-order valence-corrected chi connectivity index (χ4v) is 5.98. The number of fused-ring (bicyclic) bond motifs is 1. The SMILES string of the molecule is CCCCCCCCCC[C@H](O)C1C=CC2C(=O)N(c3ccc(C)c(C(C)=O)c3)C(=O)[C@H]2N1Nc1ccc([N+](=O)[O-])cc1. The van der Waals surface area contributed by atoms with Crippen LogP contribution in [0.25, 0.3) is 0 Å². The van der Waals surface area contributed by atoms with Gasteiger partial charge >= 0.3 is 0 Å². The Kier molecular flexibility index (Phi) is 10.8. The van der Waals surface area contributed by atoms with Crippen molar-refractivity contribution < 1.29 is 24.4 Å². The predicted octanol–water partition coefficient (Wildman–Crippen LogP) is 6.12. The summed E-state index contributed by atoms with van der Waals surface area (Å²) in [5.41, 5.74) is 5.09. The van der Waals surface area contributed by atoms with Crippen LogP contribution in [-0.4, -0.2) is 50.8 Å². The zero-order valence-electron chi connectivity index (χ0n) is 25.2. The molecule has 43 heavy (non-hydrogen) atoms. The molecule has 0 bridgehead atoms. The van der Waals surface area contributed by atoms with E-state index in [1.165, 1.54) is 63.3 Å². The number of hydrazine groups is 1. The average Bonchev–Trinajstić information content (AvgIpc) is 3.24. The predicted molar refractivity (Wildman–Crippen MR) is 166 cm³/mol. The van der Waals surface area contributed by atoms with E-state index in [-0.39, 0.29) is 11.5 Å². The Balaban J connectivity index is 1.56. The summed E-state index contributed by atoms with van der Waals surface area (Å²) in [7, 11) is 0. The number of anilines is 2. The molecule has 2 unspecified atom stereocenters. The molecular formula is C33H42N4O6. The number of rotatable bonds is 15. The molecule has 10 nitrogen and oxygen atoms in total. The molecular weight excluding hydrogens is 548 g/mol. The molecule has 0 aromatic heterocycles. The van der Waals surface area contributed by atoms with Crippen LogP contribution >= 0.6 is 0 Å². The van der Waals surface area contributed by atoms with E-state index < -0.39 is 40.8 Å². The lowest BCUT2D eigenvalue weighted by Gasteiger charge is -2.40. The number of unbranched alkanes of at least 4 members (excludes halogenated alkanes) is 7. The second kappa shape index (κ2) is 14.5. The van der Waals surface area contributed by atoms with Crippen molar-refractivity contribution in [2.24, 2.45) is 5.92 Å². The number of aryl methyl sites for hydroxylation is 1. The number of aliphatic hydroxyl groups is 1. The van der Waals surface area contributed by atoms with Gasteiger partial charge in [0.05, 0.1) is 28.7 Å². The molecule has 2 aliphatic heterocycles. The maximum absolute atomic E-state index is 14.0. The van der Waals surface area contributed by atoms with Crippen LogP contribution in [0.2, 0.25) is 0 Å². The zero-order valence-corrected chi connectivity index (χ0v) is 25.2. The van der Waals surface area contributed by atoms with Crippen LogP contribution in [0.3, 0.4) is 0 Å². The van der Waals surface area contributed by atoms with Crippen molar-refractivity contribution in [3.05, 3.63) is 75.9 Å². The van der Waals surface area contributed by atoms with Gasteiger partial charge in [-0.1, -0.05) is 76.5 Å². The zero-order chi connectivity index (χ0) is 31.1. The summed E-state index contributed by atoms with van der Waals surface area (Å²) >= 11 is 0. The fraction of sp³-hybridized carbons (Fsp3) is 0.485. The molecule has 1 fully saturated rings. The van der Waals surface area contributed by atoms with Gasteiger partial charge in [0.1, 0.15) is 6.04 Å². The molecule has 0 saturated carbocycles. The summed E-state index contributed by atoms with van der Waals surface area (Å²) in [6, 6.07) is 9.13. The van der Waals surface area contributed by atoms with Crippen LogP contribution in [0, 0.1) is 23.0 Å². The van der Waals surface area contributed by atoms with Crippen molar-refractivity contribution in [1.29, 1.82) is 0 Å². The number of Topliss-reactive ketones (excluding diaryl/α,β-unsaturated/α-hetero) is 1. The number of carbonyl (C=O) groups is 3. The Morgan fingerprint density at radius 3 is 2.26 bits per heavy atom. The molecule has 2 heterocycles. The van der Waals surface area contributed by atoms with Crippen LogP contribution in [0.1, 0.15) is 87.6 Å². The Hall–Kier alpha value is -3.89. The summed E-state index contributed by atoms with van der Waals surface area (Å²) in [6.45, 7) is 5.43. The molecule has 2 amide bonds. The quantitative estimate of drug-likeness (QED) is 0.0633. The molecule has 4 rings (SSSR count). The van der Waals surface area contributed by atoms with E-state index in [2.05, 4.69) is 12.3 Å². The minimum absolute atomic E-state index is 0.0767. The molecule has 2 aliphatic rings. The van der Waals surface area contributed by atoms with Crippen LogP contribution in [-0.2, 0) is 9.59 Å². The molecule has 2 aromatic rings. The van der Waals surface area contributed by atoms with Crippen molar-refractivity contribution >= 4 is 34.7 Å². The van der Waals surface area contributed by atoms with Crippen LogP contribution in [0.15, 0.2) is 54.6 Å². The Labute approximate surface area is 252 Å². The number of hydrogen-bond donors (Lipinski definition) is 2. The van der Waals surface area contributed by atoms with Gasteiger partial charge in [-0.25, -0.2) is 9.91 Å². The number of amides is 2. The first-order valence-electron chi connectivity index (χ1n) is 15.3. The van der Waals surface area contributed by atoms with Crippen molar-refractivity contribution in [1.82, 2.24) is 5.01 Å². The molecule has 1 saturated heterocycles. The fourth-order valence-electron chi connectivity index (χ4n) is 5.98. The number of nitrogens with one attached hydrogen (secondary N) is 1. The number of ketones is 1. The maximum Gasteiger partial charge on any atom is 0.269 e. The highest BCUT2D eigenvalue weighted by atomic mass is 16.6. The average molecular weight is 591 g/mol. The van der Waals surface area contributed by atoms with E-state index >= 15 is 0 Å². The monoisotopic (exact) mass is 590 g/mol. The number of non-ortho nitro benzene ring substituents is 1. The van der Waals surface area contributed by atoms with Gasteiger partial charge in [0, 0.05) is 23.4 Å². The van der Waals surface area contributed by atoms with Crippen LogP contribution in [0.5, 0.6) is 0 Å². The van der Waals surface area contributed by atoms with Crippen molar-refractivity contribution in [3.63, 3.8) is 0 Å². The van der Waals surface area contributed by atoms with E-state index in [4.69, 9.17) is 0 Å². The lowest BCUT2D eigenvalue weighted by atomic mass is 9.91. The smallest absolute Gasteiger partial charge is 0.269 e. The van der Waals surface area contributed by atoms with Crippen LogP contribution in [0.4, 0.5) is 17.1 Å². The Bertz CT molecular complexity index is 1360. The van der Waals surface area contributed by atoms with Gasteiger partial charge in [-0.2, -0.15) is 0 Å². The molecule has 0 spiro atoms. The number of nitro benzene ring substituents is 1. The number of hydrogen-bond acceptors (Lipinski definition) is 8. The molecule has 0 radical (unpaired) electrons. The number of carbonyl (C=O) groups excluding carboxylic acids is 3. The second-order valence-corrected chi connectivity index (χ2v) is 11.6. The third-order valence-electron chi connectivity index (χ3n) is 8.40. The van der Waals surface area contributed by atoms with Crippen molar-refractivity contribution in [2.45, 2.75) is 96.7 Å². The lowest BCUT2D eigenvalue weighted by molar-refractivity contribution is -0.384. The maximum atomic E-state index is 14.0. The highest BCUT2D eigenvalue weighted by molar-refractivity contribution is 6.24. The van der Waals surface area contributed by atoms with E-state index in [1.54, 1.807) is 42.3 Å². The molecule has 4 atom stereocenters. The first-order valence-corrected chi connectivity index (χ1v) is 15.3. The largest absolute Gasteiger partial charge is 0.391 e. The summed E-state index contributed by atoms with van der Waals surface area (Å²) in [5, 5.41) is 24.1. The van der Waals surface area contributed by atoms with E-state index in [9.17, 15) is 29.6 Å². The number of imide groups is 1. The standard InChI is InChI=1S/C33H42N4O6/c1-4-5-6-7-8-9-10-11-12-30(39)29-20-19-27-31(36(29)34-24-14-17-25(18-15-24)37(42)43)33(41)35(32(27)40)26-16-13-22(2)28(21-26)23(3)38/h13-21,27,29-31,34,39H,4-12H2,1-3H3/t27?,29?,30-,31-/m0/s1. The molecule has 2 N–H and O–H groups in total. The van der Waals surface area contributed by atoms with Gasteiger partial charge in [0.2, 0.25) is 5.91 Å². The van der Waals surface area contributed by atoms with E-state index in [0.29, 0.717) is 23.4 Å². The first-order chi connectivity index (χ1) is 20.6. The van der Waals surface area contributed by atoms with Crippen molar-refractivity contribution in [2.75, 3.05) is 10.3 Å². The van der Waals surface area contributed by atoms with Gasteiger partial charge in [-0.15, -0.1) is 0 Å². The lowest BCUT2D eigenvalue weighted by Crippen LogP contribution is -2.57. The molecule has 10 heteroatoms. The second-order valence-electron chi connectivity index (χ2n) is 11.6. The van der Waals surface area contributed by atoms with E-state index in [1.807, 2.05) is 0 Å². The summed E-state index contributed by atoms with van der Waals surface area (Å²) in [5.74, 6) is -1.87. The minimum atomic E-state index is -0.965. The Morgan fingerprint density at radius 1 is 0.977 bits per heavy atom. The third kappa shape index (κ3) is 7.37. The van der Waals surface area contributed by atoms with Crippen molar-refractivity contribution in [3.8, 4) is 0 Å². The van der Waals surface area contributed by atoms with Crippen LogP contribution < -0.4 is 10.3 Å². The molecule has 0 aliphatic carbocycles.